The third-order valence-electron chi connectivity index (χ3n) is 1.84. The Labute approximate surface area is 103 Å². The van der Waals surface area contributed by atoms with Gasteiger partial charge in [0.25, 0.3) is 0 Å². The van der Waals surface area contributed by atoms with Gasteiger partial charge in [0.2, 0.25) is 0 Å². The number of hydrogen-bond donors (Lipinski definition) is 2. The fourth-order valence-corrected chi connectivity index (χ4v) is 3.48. The fraction of sp³-hybridized carbons (Fsp3) is 0. The van der Waals surface area contributed by atoms with E-state index in [9.17, 15) is 4.79 Å². The van der Waals surface area contributed by atoms with E-state index in [-0.39, 0.29) is 0 Å². The number of hydrogen-bond acceptors (Lipinski definition) is 3. The largest absolute Gasteiger partial charge is 0.477 e. The second-order valence-corrected chi connectivity index (χ2v) is 5.33. The predicted molar refractivity (Wildman–Crippen MR) is 68.8 cm³/mol. The van der Waals surface area contributed by atoms with Gasteiger partial charge in [-0.05, 0) is 28.7 Å². The summed E-state index contributed by atoms with van der Waals surface area (Å²) >= 11 is 7.70. The minimum absolute atomic E-state index is 0.312. The molecule has 0 bridgehead atoms. The first-order chi connectivity index (χ1) is 6.61. The molecule has 0 saturated carbocycles. The molecule has 0 spiro atoms. The third kappa shape index (κ3) is 1.53. The van der Waals surface area contributed by atoms with Crippen LogP contribution in [0.25, 0.3) is 10.1 Å². The standard InChI is InChI=1S/C9H5IO2S2/c10-5-3-1-2-4-6(13)8(9(11)12)14-7(4)5/h1-3,13H,(H,11,12). The Kier molecular flexibility index (Phi) is 2.72. The van der Waals surface area contributed by atoms with Crippen molar-refractivity contribution in [1.82, 2.24) is 0 Å². The van der Waals surface area contributed by atoms with Gasteiger partial charge in [-0.25, -0.2) is 4.79 Å². The van der Waals surface area contributed by atoms with Crippen LogP contribution < -0.4 is 0 Å². The molecular weight excluding hydrogens is 331 g/mol. The van der Waals surface area contributed by atoms with Crippen molar-refractivity contribution in [3.8, 4) is 0 Å². The Bertz CT molecular complexity index is 519. The van der Waals surface area contributed by atoms with Crippen LogP contribution in [0.3, 0.4) is 0 Å². The fourth-order valence-electron chi connectivity index (χ4n) is 1.22. The number of fused-ring (bicyclic) bond motifs is 1. The number of halogens is 1. The zero-order chi connectivity index (χ0) is 10.3. The van der Waals surface area contributed by atoms with Crippen molar-refractivity contribution in [2.45, 2.75) is 4.90 Å². The summed E-state index contributed by atoms with van der Waals surface area (Å²) in [6.07, 6.45) is 0. The Morgan fingerprint density at radius 1 is 1.50 bits per heavy atom. The highest BCUT2D eigenvalue weighted by Gasteiger charge is 2.15. The molecular formula is C9H5IO2S2. The second kappa shape index (κ2) is 3.71. The van der Waals surface area contributed by atoms with Crippen molar-refractivity contribution in [3.63, 3.8) is 0 Å². The molecule has 0 fully saturated rings. The van der Waals surface area contributed by atoms with Crippen molar-refractivity contribution in [2.24, 2.45) is 0 Å². The van der Waals surface area contributed by atoms with E-state index in [1.807, 2.05) is 18.2 Å². The molecule has 5 heteroatoms. The molecule has 1 aromatic heterocycles. The van der Waals surface area contributed by atoms with E-state index < -0.39 is 5.97 Å². The summed E-state index contributed by atoms with van der Waals surface area (Å²) in [4.78, 5) is 11.7. The molecule has 2 aromatic rings. The van der Waals surface area contributed by atoms with Gasteiger partial charge in [0.15, 0.2) is 0 Å². The summed E-state index contributed by atoms with van der Waals surface area (Å²) in [5, 5.41) is 9.84. The molecule has 0 aliphatic rings. The van der Waals surface area contributed by atoms with Crippen LogP contribution in [-0.2, 0) is 0 Å². The molecule has 0 atom stereocenters. The van der Waals surface area contributed by atoms with Gasteiger partial charge in [0.05, 0.1) is 0 Å². The van der Waals surface area contributed by atoms with Crippen molar-refractivity contribution >= 4 is 62.6 Å². The van der Waals surface area contributed by atoms with E-state index in [1.165, 1.54) is 11.3 Å². The Morgan fingerprint density at radius 3 is 2.79 bits per heavy atom. The second-order valence-electron chi connectivity index (χ2n) is 2.70. The Morgan fingerprint density at radius 2 is 2.21 bits per heavy atom. The lowest BCUT2D eigenvalue weighted by Crippen LogP contribution is -1.91. The van der Waals surface area contributed by atoms with Gasteiger partial charge in [-0.15, -0.1) is 24.0 Å². The molecule has 72 valence electrons. The molecule has 2 rings (SSSR count). The quantitative estimate of drug-likeness (QED) is 0.618. The lowest BCUT2D eigenvalue weighted by atomic mass is 10.2. The summed E-state index contributed by atoms with van der Waals surface area (Å²) in [6, 6.07) is 5.75. The number of aromatic carboxylic acids is 1. The van der Waals surface area contributed by atoms with Crippen molar-refractivity contribution in [1.29, 1.82) is 0 Å². The van der Waals surface area contributed by atoms with Gasteiger partial charge in [0.1, 0.15) is 4.88 Å². The highest BCUT2D eigenvalue weighted by molar-refractivity contribution is 14.1. The maximum atomic E-state index is 10.9. The smallest absolute Gasteiger partial charge is 0.347 e. The number of carboxylic acids is 1. The number of benzene rings is 1. The highest BCUT2D eigenvalue weighted by atomic mass is 127. The average molecular weight is 336 g/mol. The molecule has 0 saturated heterocycles. The zero-order valence-corrected chi connectivity index (χ0v) is 10.7. The summed E-state index contributed by atoms with van der Waals surface area (Å²) in [5.41, 5.74) is 0. The lowest BCUT2D eigenvalue weighted by molar-refractivity contribution is 0.0699. The molecule has 1 N–H and O–H groups in total. The van der Waals surface area contributed by atoms with Crippen LogP contribution in [0.15, 0.2) is 23.1 Å². The lowest BCUT2D eigenvalue weighted by Gasteiger charge is -1.92. The van der Waals surface area contributed by atoms with Crippen LogP contribution in [0, 0.1) is 3.57 Å². The first-order valence-corrected chi connectivity index (χ1v) is 6.09. The van der Waals surface area contributed by atoms with Crippen LogP contribution in [0.5, 0.6) is 0 Å². The van der Waals surface area contributed by atoms with Crippen LogP contribution in [-0.4, -0.2) is 11.1 Å². The first kappa shape index (κ1) is 10.3. The highest BCUT2D eigenvalue weighted by Crippen LogP contribution is 2.36. The zero-order valence-electron chi connectivity index (χ0n) is 6.82. The summed E-state index contributed by atoms with van der Waals surface area (Å²) in [6.45, 7) is 0. The van der Waals surface area contributed by atoms with Crippen LogP contribution >= 0.6 is 46.6 Å². The summed E-state index contributed by atoms with van der Waals surface area (Å²) in [7, 11) is 0. The third-order valence-corrected chi connectivity index (χ3v) is 4.94. The first-order valence-electron chi connectivity index (χ1n) is 3.74. The van der Waals surface area contributed by atoms with Crippen molar-refractivity contribution in [2.75, 3.05) is 0 Å². The molecule has 2 nitrogen and oxygen atoms in total. The molecule has 0 unspecified atom stereocenters. The molecule has 0 radical (unpaired) electrons. The Balaban J connectivity index is 2.86. The molecule has 0 amide bonds. The van der Waals surface area contributed by atoms with E-state index in [2.05, 4.69) is 35.2 Å². The van der Waals surface area contributed by atoms with Crippen LogP contribution in [0.2, 0.25) is 0 Å². The van der Waals surface area contributed by atoms with E-state index in [4.69, 9.17) is 5.11 Å². The maximum absolute atomic E-state index is 10.9. The molecule has 14 heavy (non-hydrogen) atoms. The molecule has 1 aromatic carbocycles. The van der Waals surface area contributed by atoms with Gasteiger partial charge in [-0.1, -0.05) is 12.1 Å². The van der Waals surface area contributed by atoms with Gasteiger partial charge in [-0.2, -0.15) is 0 Å². The summed E-state index contributed by atoms with van der Waals surface area (Å²) in [5.74, 6) is -0.910. The normalized spacial score (nSPS) is 10.7. The number of thiophene rings is 1. The SMILES string of the molecule is O=C(O)c1sc2c(I)cccc2c1S. The van der Waals surface area contributed by atoms with Crippen molar-refractivity contribution < 1.29 is 9.90 Å². The van der Waals surface area contributed by atoms with Gasteiger partial charge in [0, 0.05) is 18.6 Å². The van der Waals surface area contributed by atoms with Gasteiger partial charge in [-0.3, -0.25) is 0 Å². The minimum atomic E-state index is -0.910. The van der Waals surface area contributed by atoms with Gasteiger partial charge >= 0.3 is 5.97 Å². The number of rotatable bonds is 1. The van der Waals surface area contributed by atoms with Gasteiger partial charge < -0.3 is 5.11 Å². The monoisotopic (exact) mass is 336 g/mol. The topological polar surface area (TPSA) is 37.3 Å². The maximum Gasteiger partial charge on any atom is 0.347 e. The average Bonchev–Trinajstić information content (AvgIpc) is 2.46. The van der Waals surface area contributed by atoms with E-state index >= 15 is 0 Å². The number of carbonyl (C=O) groups is 1. The number of carboxylic acid groups (broad SMARTS) is 1. The summed E-state index contributed by atoms with van der Waals surface area (Å²) < 4.78 is 2.06. The number of thiol groups is 1. The molecule has 0 aliphatic heterocycles. The van der Waals surface area contributed by atoms with Crippen molar-refractivity contribution in [3.05, 3.63) is 26.6 Å². The van der Waals surface area contributed by atoms with E-state index in [0.29, 0.717) is 9.77 Å². The van der Waals surface area contributed by atoms with Crippen LogP contribution in [0.1, 0.15) is 9.67 Å². The minimum Gasteiger partial charge on any atom is -0.477 e. The predicted octanol–water partition coefficient (Wildman–Crippen LogP) is 3.49. The molecule has 1 heterocycles. The molecule has 0 aliphatic carbocycles. The van der Waals surface area contributed by atoms with E-state index in [1.54, 1.807) is 0 Å². The Hall–Kier alpha value is -0.270. The van der Waals surface area contributed by atoms with E-state index in [0.717, 1.165) is 13.7 Å². The van der Waals surface area contributed by atoms with Crippen LogP contribution in [0.4, 0.5) is 0 Å².